The summed E-state index contributed by atoms with van der Waals surface area (Å²) in [5, 5.41) is 3.52. The van der Waals surface area contributed by atoms with Crippen LogP contribution >= 0.6 is 0 Å². The van der Waals surface area contributed by atoms with E-state index in [2.05, 4.69) is 48.5 Å². The Balaban J connectivity index is 1.69. The topological polar surface area (TPSA) is 24.5 Å². The Kier molecular flexibility index (Phi) is 4.81. The molecule has 1 saturated heterocycles. The van der Waals surface area contributed by atoms with E-state index < -0.39 is 0 Å². The second-order valence-electron chi connectivity index (χ2n) is 6.45. The van der Waals surface area contributed by atoms with Crippen molar-refractivity contribution in [2.24, 2.45) is 5.92 Å². The number of likely N-dealkylation sites (tertiary alicyclic amines) is 1. The first kappa shape index (κ1) is 14.9. The third-order valence-electron chi connectivity index (χ3n) is 5.17. The molecule has 116 valence electrons. The maximum Gasteiger partial charge on any atom is 0.124 e. The van der Waals surface area contributed by atoms with Gasteiger partial charge in [0.15, 0.2) is 0 Å². The minimum absolute atomic E-state index is 0.387. The van der Waals surface area contributed by atoms with Crippen molar-refractivity contribution in [2.75, 3.05) is 26.7 Å². The number of para-hydroxylation sites is 1. The quantitative estimate of drug-likeness (QED) is 0.920. The molecule has 0 spiro atoms. The van der Waals surface area contributed by atoms with Crippen LogP contribution in [0.25, 0.3) is 0 Å². The molecular formula is C18H28N2O. The Labute approximate surface area is 128 Å². The van der Waals surface area contributed by atoms with Gasteiger partial charge >= 0.3 is 0 Å². The van der Waals surface area contributed by atoms with Crippen molar-refractivity contribution in [1.29, 1.82) is 0 Å². The van der Waals surface area contributed by atoms with Crippen LogP contribution in [0, 0.1) is 5.92 Å². The van der Waals surface area contributed by atoms with Crippen molar-refractivity contribution in [2.45, 2.75) is 44.7 Å². The summed E-state index contributed by atoms with van der Waals surface area (Å²) in [5.41, 5.74) is 1.31. The number of nitrogens with zero attached hydrogens (tertiary/aromatic N) is 1. The molecule has 21 heavy (non-hydrogen) atoms. The molecule has 0 aliphatic carbocycles. The normalized spacial score (nSPS) is 27.1. The second-order valence-corrected chi connectivity index (χ2v) is 6.45. The molecular weight excluding hydrogens is 260 g/mol. The zero-order valence-electron chi connectivity index (χ0n) is 13.3. The van der Waals surface area contributed by atoms with E-state index in [0.717, 1.165) is 18.3 Å². The van der Waals surface area contributed by atoms with E-state index in [1.54, 1.807) is 0 Å². The number of hydrogen-bond acceptors (Lipinski definition) is 3. The molecule has 2 unspecified atom stereocenters. The van der Waals surface area contributed by atoms with Gasteiger partial charge in [0.1, 0.15) is 12.4 Å². The van der Waals surface area contributed by atoms with Gasteiger partial charge in [0.05, 0.1) is 12.1 Å². The van der Waals surface area contributed by atoms with Gasteiger partial charge < -0.3 is 10.1 Å². The molecule has 1 N–H and O–H groups in total. The Hall–Kier alpha value is -1.06. The summed E-state index contributed by atoms with van der Waals surface area (Å²) in [4.78, 5) is 2.64. The lowest BCUT2D eigenvalue weighted by atomic mass is 9.89. The molecule has 3 heteroatoms. The molecule has 3 rings (SSSR count). The van der Waals surface area contributed by atoms with E-state index in [1.165, 1.54) is 44.3 Å². The first-order valence-corrected chi connectivity index (χ1v) is 8.46. The summed E-state index contributed by atoms with van der Waals surface area (Å²) in [6.07, 6.45) is 5.42. The average Bonchev–Trinajstić information content (AvgIpc) is 2.55. The Morgan fingerprint density at radius 2 is 2.00 bits per heavy atom. The molecule has 0 aromatic heterocycles. The summed E-state index contributed by atoms with van der Waals surface area (Å²) in [5.74, 6) is 1.99. The molecule has 0 saturated carbocycles. The number of ether oxygens (including phenoxy) is 1. The van der Waals surface area contributed by atoms with Crippen LogP contribution in [0.5, 0.6) is 5.75 Å². The fourth-order valence-corrected chi connectivity index (χ4v) is 3.99. The maximum absolute atomic E-state index is 6.01. The standard InChI is InChI=1S/C18H28N2O/c1-3-6-14-9-11-20(12-10-14)16-13-21-17-8-5-4-7-15(17)18(16)19-2/h4-5,7-8,14,16,18-19H,3,6,9-13H2,1-2H3. The molecule has 3 nitrogen and oxygen atoms in total. The third-order valence-corrected chi connectivity index (χ3v) is 5.17. The Morgan fingerprint density at radius 1 is 1.24 bits per heavy atom. The number of hydrogen-bond donors (Lipinski definition) is 1. The van der Waals surface area contributed by atoms with E-state index in [0.29, 0.717) is 12.1 Å². The van der Waals surface area contributed by atoms with Crippen LogP contribution in [0.2, 0.25) is 0 Å². The predicted molar refractivity (Wildman–Crippen MR) is 86.7 cm³/mol. The zero-order valence-corrected chi connectivity index (χ0v) is 13.3. The average molecular weight is 288 g/mol. The minimum atomic E-state index is 0.387. The van der Waals surface area contributed by atoms with E-state index in [1.807, 2.05) is 0 Å². The van der Waals surface area contributed by atoms with E-state index in [9.17, 15) is 0 Å². The molecule has 0 amide bonds. The van der Waals surface area contributed by atoms with Gasteiger partial charge in [-0.15, -0.1) is 0 Å². The van der Waals surface area contributed by atoms with Gasteiger partial charge in [-0.25, -0.2) is 0 Å². The Bertz CT molecular complexity index is 454. The largest absolute Gasteiger partial charge is 0.492 e. The second kappa shape index (κ2) is 6.80. The molecule has 2 heterocycles. The smallest absolute Gasteiger partial charge is 0.124 e. The van der Waals surface area contributed by atoms with Crippen LogP contribution < -0.4 is 10.1 Å². The summed E-state index contributed by atoms with van der Waals surface area (Å²) in [6.45, 7) is 5.55. The highest BCUT2D eigenvalue weighted by atomic mass is 16.5. The molecule has 0 bridgehead atoms. The van der Waals surface area contributed by atoms with Gasteiger partial charge in [-0.3, -0.25) is 4.90 Å². The number of benzene rings is 1. The van der Waals surface area contributed by atoms with E-state index >= 15 is 0 Å². The highest BCUT2D eigenvalue weighted by Crippen LogP contribution is 2.35. The summed E-state index contributed by atoms with van der Waals surface area (Å²) >= 11 is 0. The molecule has 1 aromatic carbocycles. The van der Waals surface area contributed by atoms with Crippen molar-refractivity contribution in [1.82, 2.24) is 10.2 Å². The van der Waals surface area contributed by atoms with Crippen LogP contribution in [0.3, 0.4) is 0 Å². The van der Waals surface area contributed by atoms with Crippen LogP contribution in [-0.4, -0.2) is 37.7 Å². The molecule has 2 aliphatic heterocycles. The zero-order chi connectivity index (χ0) is 14.7. The van der Waals surface area contributed by atoms with Gasteiger partial charge in [-0.1, -0.05) is 38.0 Å². The lowest BCUT2D eigenvalue weighted by Crippen LogP contribution is -2.52. The van der Waals surface area contributed by atoms with Gasteiger partial charge in [-0.2, -0.15) is 0 Å². The molecule has 1 aromatic rings. The summed E-state index contributed by atoms with van der Waals surface area (Å²) in [6, 6.07) is 9.31. The maximum atomic E-state index is 6.01. The van der Waals surface area contributed by atoms with Crippen molar-refractivity contribution < 1.29 is 4.74 Å². The number of fused-ring (bicyclic) bond motifs is 1. The van der Waals surface area contributed by atoms with Gasteiger partial charge in [-0.05, 0) is 45.0 Å². The number of nitrogens with one attached hydrogen (secondary N) is 1. The molecule has 0 radical (unpaired) electrons. The highest BCUT2D eigenvalue weighted by Gasteiger charge is 2.35. The van der Waals surface area contributed by atoms with Gasteiger partial charge in [0, 0.05) is 5.56 Å². The number of likely N-dealkylation sites (N-methyl/N-ethyl adjacent to an activating group) is 1. The van der Waals surface area contributed by atoms with Crippen LogP contribution in [0.4, 0.5) is 0 Å². The van der Waals surface area contributed by atoms with Crippen LogP contribution in [-0.2, 0) is 0 Å². The lowest BCUT2D eigenvalue weighted by Gasteiger charge is -2.43. The fourth-order valence-electron chi connectivity index (χ4n) is 3.99. The first-order chi connectivity index (χ1) is 10.3. The van der Waals surface area contributed by atoms with Crippen LogP contribution in [0.1, 0.15) is 44.2 Å². The van der Waals surface area contributed by atoms with Gasteiger partial charge in [0.25, 0.3) is 0 Å². The fraction of sp³-hybridized carbons (Fsp3) is 0.667. The third kappa shape index (κ3) is 3.09. The molecule has 2 atom stereocenters. The van der Waals surface area contributed by atoms with Gasteiger partial charge in [0.2, 0.25) is 0 Å². The first-order valence-electron chi connectivity index (χ1n) is 8.46. The summed E-state index contributed by atoms with van der Waals surface area (Å²) in [7, 11) is 2.07. The van der Waals surface area contributed by atoms with Crippen LogP contribution in [0.15, 0.2) is 24.3 Å². The lowest BCUT2D eigenvalue weighted by molar-refractivity contribution is 0.0579. The Morgan fingerprint density at radius 3 is 2.71 bits per heavy atom. The number of rotatable bonds is 4. The molecule has 1 fully saturated rings. The van der Waals surface area contributed by atoms with Crippen molar-refractivity contribution in [3.05, 3.63) is 29.8 Å². The van der Waals surface area contributed by atoms with E-state index in [-0.39, 0.29) is 0 Å². The predicted octanol–water partition coefficient (Wildman–Crippen LogP) is 3.22. The number of piperidine rings is 1. The monoisotopic (exact) mass is 288 g/mol. The van der Waals surface area contributed by atoms with Crippen molar-refractivity contribution in [3.63, 3.8) is 0 Å². The minimum Gasteiger partial charge on any atom is -0.492 e. The van der Waals surface area contributed by atoms with Crippen molar-refractivity contribution >= 4 is 0 Å². The van der Waals surface area contributed by atoms with Crippen molar-refractivity contribution in [3.8, 4) is 5.75 Å². The summed E-state index contributed by atoms with van der Waals surface area (Å²) < 4.78 is 6.01. The van der Waals surface area contributed by atoms with E-state index in [4.69, 9.17) is 4.74 Å². The SMILES string of the molecule is CCCC1CCN(C2COc3ccccc3C2NC)CC1. The highest BCUT2D eigenvalue weighted by molar-refractivity contribution is 5.38. The molecule has 2 aliphatic rings.